The third-order valence-electron chi connectivity index (χ3n) is 3.42. The topological polar surface area (TPSA) is 90.9 Å². The Morgan fingerprint density at radius 1 is 1.39 bits per heavy atom. The minimum absolute atomic E-state index is 0.320. The molecule has 0 spiro atoms. The zero-order chi connectivity index (χ0) is 16.6. The molecule has 0 amide bonds. The molecule has 3 N–H and O–H groups in total. The molecule has 0 saturated carbocycles. The van der Waals surface area contributed by atoms with Crippen molar-refractivity contribution in [1.82, 2.24) is 15.2 Å². The average Bonchev–Trinajstić information content (AvgIpc) is 3.04. The van der Waals surface area contributed by atoms with E-state index in [0.29, 0.717) is 21.4 Å². The number of aliphatic carboxylic acids is 1. The molecular weight excluding hydrogens is 339 g/mol. The van der Waals surface area contributed by atoms with Crippen LogP contribution in [-0.4, -0.2) is 32.3 Å². The van der Waals surface area contributed by atoms with Crippen molar-refractivity contribution >= 4 is 45.9 Å². The first-order valence-corrected chi connectivity index (χ1v) is 7.50. The van der Waals surface area contributed by atoms with Gasteiger partial charge in [-0.15, -0.1) is 0 Å². The first-order valence-electron chi connectivity index (χ1n) is 6.74. The van der Waals surface area contributed by atoms with Gasteiger partial charge in [-0.05, 0) is 24.6 Å². The summed E-state index contributed by atoms with van der Waals surface area (Å²) in [6, 6.07) is 4.49. The molecule has 0 aliphatic carbocycles. The van der Waals surface area contributed by atoms with E-state index in [1.165, 1.54) is 6.92 Å². The quantitative estimate of drug-likeness (QED) is 0.665. The van der Waals surface area contributed by atoms with Gasteiger partial charge in [0.1, 0.15) is 11.9 Å². The van der Waals surface area contributed by atoms with E-state index in [2.05, 4.69) is 20.5 Å². The average molecular weight is 351 g/mol. The molecule has 8 heteroatoms. The van der Waals surface area contributed by atoms with Crippen LogP contribution in [0, 0.1) is 0 Å². The van der Waals surface area contributed by atoms with Crippen molar-refractivity contribution in [1.29, 1.82) is 0 Å². The number of aromatic nitrogens is 3. The lowest BCUT2D eigenvalue weighted by Crippen LogP contribution is -2.25. The number of H-pyrrole nitrogens is 1. The van der Waals surface area contributed by atoms with Crippen LogP contribution >= 0.6 is 23.2 Å². The Hall–Kier alpha value is -2.31. The monoisotopic (exact) mass is 350 g/mol. The van der Waals surface area contributed by atoms with Crippen molar-refractivity contribution in [2.75, 3.05) is 5.32 Å². The van der Waals surface area contributed by atoms with E-state index in [1.807, 2.05) is 6.07 Å². The normalized spacial score (nSPS) is 12.3. The highest BCUT2D eigenvalue weighted by molar-refractivity contribution is 6.45. The van der Waals surface area contributed by atoms with Crippen molar-refractivity contribution in [3.05, 3.63) is 40.6 Å². The molecule has 23 heavy (non-hydrogen) atoms. The van der Waals surface area contributed by atoms with Crippen molar-refractivity contribution in [3.8, 4) is 11.1 Å². The highest BCUT2D eigenvalue weighted by Crippen LogP contribution is 2.36. The van der Waals surface area contributed by atoms with Gasteiger partial charge in [-0.1, -0.05) is 29.3 Å². The second kappa shape index (κ2) is 6.06. The van der Waals surface area contributed by atoms with Crippen LogP contribution in [0.2, 0.25) is 10.0 Å². The number of hydrogen-bond acceptors (Lipinski definition) is 4. The van der Waals surface area contributed by atoms with E-state index < -0.39 is 12.0 Å². The standard InChI is InChI=1S/C15H12Cl2N4O2/c1-7(15(22)23)20-12-4-10(8-5-18-19-6-8)9-2-3-11(16)13(17)14(9)21-12/h2-7H,1H3,(H,18,19)(H,20,21)(H,22,23)/t7-/m0/s1. The first-order chi connectivity index (χ1) is 11.0. The predicted octanol–water partition coefficient (Wildman–Crippen LogP) is 3.82. The largest absolute Gasteiger partial charge is 0.480 e. The summed E-state index contributed by atoms with van der Waals surface area (Å²) in [5.74, 6) is -0.582. The van der Waals surface area contributed by atoms with Gasteiger partial charge in [0.05, 0.1) is 21.8 Å². The number of nitrogens with one attached hydrogen (secondary N) is 2. The number of hydrogen-bond donors (Lipinski definition) is 3. The highest BCUT2D eigenvalue weighted by atomic mass is 35.5. The molecule has 3 rings (SSSR count). The molecule has 0 unspecified atom stereocenters. The Morgan fingerprint density at radius 3 is 2.83 bits per heavy atom. The maximum atomic E-state index is 11.0. The third kappa shape index (κ3) is 2.95. The molecule has 2 aromatic heterocycles. The molecule has 3 aromatic rings. The number of aromatic amines is 1. The molecule has 1 atom stereocenters. The summed E-state index contributed by atoms with van der Waals surface area (Å²) in [6.07, 6.45) is 3.41. The Labute approximate surface area is 141 Å². The maximum Gasteiger partial charge on any atom is 0.325 e. The lowest BCUT2D eigenvalue weighted by Gasteiger charge is -2.14. The van der Waals surface area contributed by atoms with Crippen LogP contribution in [0.25, 0.3) is 22.0 Å². The van der Waals surface area contributed by atoms with Crippen molar-refractivity contribution in [2.45, 2.75) is 13.0 Å². The van der Waals surface area contributed by atoms with Gasteiger partial charge in [-0.2, -0.15) is 5.10 Å². The Morgan fingerprint density at radius 2 is 2.17 bits per heavy atom. The summed E-state index contributed by atoms with van der Waals surface area (Å²) >= 11 is 12.3. The van der Waals surface area contributed by atoms with Gasteiger partial charge in [0.25, 0.3) is 0 Å². The molecule has 6 nitrogen and oxygen atoms in total. The number of carboxylic acids is 1. The zero-order valence-corrected chi connectivity index (χ0v) is 13.5. The molecule has 0 aliphatic rings. The Kier molecular flexibility index (Phi) is 4.11. The minimum Gasteiger partial charge on any atom is -0.480 e. The van der Waals surface area contributed by atoms with Gasteiger partial charge in [0.15, 0.2) is 0 Å². The number of carboxylic acid groups (broad SMARTS) is 1. The van der Waals surface area contributed by atoms with Crippen LogP contribution in [-0.2, 0) is 4.79 Å². The number of rotatable bonds is 4. The van der Waals surface area contributed by atoms with Crippen LogP contribution in [0.5, 0.6) is 0 Å². The van der Waals surface area contributed by atoms with Crippen LogP contribution in [0.3, 0.4) is 0 Å². The van der Waals surface area contributed by atoms with Crippen LogP contribution in [0.15, 0.2) is 30.6 Å². The SMILES string of the molecule is C[C@H](Nc1cc(-c2cn[nH]c2)c2ccc(Cl)c(Cl)c2n1)C(=O)O. The Balaban J connectivity index is 2.23. The summed E-state index contributed by atoms with van der Waals surface area (Å²) in [4.78, 5) is 15.5. The number of benzene rings is 1. The zero-order valence-electron chi connectivity index (χ0n) is 12.0. The highest BCUT2D eigenvalue weighted by Gasteiger charge is 2.16. The number of halogens is 2. The first kappa shape index (κ1) is 15.6. The van der Waals surface area contributed by atoms with Gasteiger partial charge in [-0.3, -0.25) is 9.89 Å². The van der Waals surface area contributed by atoms with Gasteiger partial charge in [0.2, 0.25) is 0 Å². The molecule has 118 valence electrons. The fourth-order valence-corrected chi connectivity index (χ4v) is 2.59. The second-order valence-corrected chi connectivity index (χ2v) is 5.79. The number of carbonyl (C=O) groups is 1. The van der Waals surface area contributed by atoms with Crippen LogP contribution in [0.4, 0.5) is 5.82 Å². The Bertz CT molecular complexity index is 881. The number of anilines is 1. The molecule has 0 fully saturated rings. The van der Waals surface area contributed by atoms with E-state index in [4.69, 9.17) is 28.3 Å². The smallest absolute Gasteiger partial charge is 0.325 e. The molecule has 0 saturated heterocycles. The van der Waals surface area contributed by atoms with E-state index in [0.717, 1.165) is 16.5 Å². The molecule has 0 bridgehead atoms. The predicted molar refractivity (Wildman–Crippen MR) is 90.1 cm³/mol. The summed E-state index contributed by atoms with van der Waals surface area (Å²) in [5.41, 5.74) is 2.15. The molecule has 0 aliphatic heterocycles. The summed E-state index contributed by atoms with van der Waals surface area (Å²) in [6.45, 7) is 1.53. The van der Waals surface area contributed by atoms with E-state index in [1.54, 1.807) is 24.5 Å². The minimum atomic E-state index is -0.978. The van der Waals surface area contributed by atoms with Crippen molar-refractivity contribution in [3.63, 3.8) is 0 Å². The lowest BCUT2D eigenvalue weighted by atomic mass is 10.0. The van der Waals surface area contributed by atoms with Crippen molar-refractivity contribution < 1.29 is 9.90 Å². The number of nitrogens with zero attached hydrogens (tertiary/aromatic N) is 2. The van der Waals surface area contributed by atoms with E-state index >= 15 is 0 Å². The van der Waals surface area contributed by atoms with Gasteiger partial charge >= 0.3 is 5.97 Å². The number of fused-ring (bicyclic) bond motifs is 1. The summed E-state index contributed by atoms with van der Waals surface area (Å²) in [5, 5.41) is 20.1. The maximum absolute atomic E-state index is 11.0. The van der Waals surface area contributed by atoms with Crippen LogP contribution in [0.1, 0.15) is 6.92 Å². The van der Waals surface area contributed by atoms with Gasteiger partial charge in [0, 0.05) is 17.1 Å². The molecule has 2 heterocycles. The van der Waals surface area contributed by atoms with Gasteiger partial charge in [-0.25, -0.2) is 4.98 Å². The number of pyridine rings is 1. The second-order valence-electron chi connectivity index (χ2n) is 5.00. The van der Waals surface area contributed by atoms with Gasteiger partial charge < -0.3 is 10.4 Å². The van der Waals surface area contributed by atoms with E-state index in [9.17, 15) is 4.79 Å². The molecule has 0 radical (unpaired) electrons. The fraction of sp³-hybridized carbons (Fsp3) is 0.133. The van der Waals surface area contributed by atoms with Crippen LogP contribution < -0.4 is 5.32 Å². The molecular formula is C15H12Cl2N4O2. The lowest BCUT2D eigenvalue weighted by molar-refractivity contribution is -0.137. The fourth-order valence-electron chi connectivity index (χ4n) is 2.23. The molecule has 1 aromatic carbocycles. The summed E-state index contributed by atoms with van der Waals surface area (Å²) < 4.78 is 0. The summed E-state index contributed by atoms with van der Waals surface area (Å²) in [7, 11) is 0. The third-order valence-corrected chi connectivity index (χ3v) is 4.21. The van der Waals surface area contributed by atoms with Crippen molar-refractivity contribution in [2.24, 2.45) is 0 Å². The van der Waals surface area contributed by atoms with E-state index in [-0.39, 0.29) is 0 Å².